The highest BCUT2D eigenvalue weighted by atomic mass is 79.9. The first-order valence-electron chi connectivity index (χ1n) is 6.35. The summed E-state index contributed by atoms with van der Waals surface area (Å²) in [7, 11) is 2.06. The number of nitrogens with one attached hydrogen (secondary N) is 1. The molecule has 96 valence electrons. The maximum absolute atomic E-state index is 3.52. The predicted molar refractivity (Wildman–Crippen MR) is 79.4 cm³/mol. The molecule has 1 rings (SSSR count). The van der Waals surface area contributed by atoms with Crippen LogP contribution in [0, 0.1) is 5.41 Å². The van der Waals surface area contributed by atoms with Crippen molar-refractivity contribution in [1.29, 1.82) is 0 Å². The van der Waals surface area contributed by atoms with Crippen LogP contribution in [0.5, 0.6) is 0 Å². The van der Waals surface area contributed by atoms with Crippen molar-refractivity contribution in [1.82, 2.24) is 5.32 Å². The third-order valence-corrected chi connectivity index (χ3v) is 3.73. The average molecular weight is 298 g/mol. The van der Waals surface area contributed by atoms with Gasteiger partial charge >= 0.3 is 0 Å². The largest absolute Gasteiger partial charge is 0.316 e. The maximum Gasteiger partial charge on any atom is 0.0177 e. The van der Waals surface area contributed by atoms with Gasteiger partial charge in [0.05, 0.1) is 0 Å². The lowest BCUT2D eigenvalue weighted by Gasteiger charge is -2.30. The molecule has 0 amide bonds. The fourth-order valence-electron chi connectivity index (χ4n) is 2.21. The van der Waals surface area contributed by atoms with Crippen LogP contribution in [0.1, 0.15) is 39.2 Å². The van der Waals surface area contributed by atoms with Crippen molar-refractivity contribution in [2.45, 2.75) is 46.1 Å². The lowest BCUT2D eigenvalue weighted by Crippen LogP contribution is -2.37. The van der Waals surface area contributed by atoms with Crippen molar-refractivity contribution in [2.24, 2.45) is 5.41 Å². The Morgan fingerprint density at radius 3 is 2.53 bits per heavy atom. The van der Waals surface area contributed by atoms with E-state index >= 15 is 0 Å². The zero-order chi connectivity index (χ0) is 12.9. The van der Waals surface area contributed by atoms with Gasteiger partial charge in [-0.3, -0.25) is 0 Å². The van der Waals surface area contributed by atoms with E-state index < -0.39 is 0 Å². The lowest BCUT2D eigenvalue weighted by atomic mass is 9.83. The van der Waals surface area contributed by atoms with Crippen molar-refractivity contribution < 1.29 is 0 Å². The first-order valence-corrected chi connectivity index (χ1v) is 7.14. The highest BCUT2D eigenvalue weighted by Crippen LogP contribution is 2.23. The molecule has 0 bridgehead atoms. The van der Waals surface area contributed by atoms with Gasteiger partial charge in [0, 0.05) is 10.5 Å². The molecular weight excluding hydrogens is 274 g/mol. The molecule has 0 saturated carbocycles. The highest BCUT2D eigenvalue weighted by molar-refractivity contribution is 9.10. The van der Waals surface area contributed by atoms with Gasteiger partial charge in [0.25, 0.3) is 0 Å². The van der Waals surface area contributed by atoms with E-state index in [0.29, 0.717) is 11.5 Å². The van der Waals surface area contributed by atoms with Gasteiger partial charge in [-0.25, -0.2) is 0 Å². The molecule has 0 heterocycles. The van der Waals surface area contributed by atoms with Crippen LogP contribution in [0.4, 0.5) is 0 Å². The van der Waals surface area contributed by atoms with Crippen LogP contribution >= 0.6 is 15.9 Å². The second kappa shape index (κ2) is 6.55. The Morgan fingerprint density at radius 1 is 1.29 bits per heavy atom. The molecule has 0 aromatic heterocycles. The molecular formula is C15H24BrN. The third kappa shape index (κ3) is 5.22. The van der Waals surface area contributed by atoms with E-state index in [1.165, 1.54) is 22.9 Å². The molecule has 0 aliphatic rings. The molecule has 1 nitrogen and oxygen atoms in total. The molecule has 0 aliphatic heterocycles. The van der Waals surface area contributed by atoms with Gasteiger partial charge < -0.3 is 5.32 Å². The van der Waals surface area contributed by atoms with E-state index in [9.17, 15) is 0 Å². The minimum atomic E-state index is 0.339. The number of hydrogen-bond acceptors (Lipinski definition) is 1. The van der Waals surface area contributed by atoms with Crippen LogP contribution in [0.2, 0.25) is 0 Å². The van der Waals surface area contributed by atoms with E-state index in [-0.39, 0.29) is 0 Å². The van der Waals surface area contributed by atoms with Gasteiger partial charge in [-0.1, -0.05) is 48.8 Å². The number of hydrogen-bond donors (Lipinski definition) is 1. The monoisotopic (exact) mass is 297 g/mol. The van der Waals surface area contributed by atoms with E-state index in [2.05, 4.69) is 73.3 Å². The fourth-order valence-corrected chi connectivity index (χ4v) is 2.66. The van der Waals surface area contributed by atoms with Crippen molar-refractivity contribution >= 4 is 15.9 Å². The van der Waals surface area contributed by atoms with Crippen LogP contribution in [-0.4, -0.2) is 13.1 Å². The molecule has 0 aliphatic carbocycles. The Hall–Kier alpha value is -0.340. The Balaban J connectivity index is 2.42. The standard InChI is InChI=1S/C15H24BrN/c1-15(2,3)14(17-4)10-6-8-12-7-5-9-13(16)11-12/h5,7,9,11,14,17H,6,8,10H2,1-4H3. The van der Waals surface area contributed by atoms with Gasteiger partial charge in [-0.15, -0.1) is 0 Å². The zero-order valence-electron chi connectivity index (χ0n) is 11.4. The Kier molecular flexibility index (Phi) is 5.68. The normalized spacial score (nSPS) is 13.7. The van der Waals surface area contributed by atoms with Gasteiger partial charge in [0.2, 0.25) is 0 Å². The predicted octanol–water partition coefficient (Wildman–Crippen LogP) is 4.41. The lowest BCUT2D eigenvalue weighted by molar-refractivity contribution is 0.263. The number of benzene rings is 1. The fraction of sp³-hybridized carbons (Fsp3) is 0.600. The molecule has 1 atom stereocenters. The van der Waals surface area contributed by atoms with Gasteiger partial charge in [0.15, 0.2) is 0 Å². The molecule has 0 fully saturated rings. The molecule has 0 saturated heterocycles. The van der Waals surface area contributed by atoms with Crippen molar-refractivity contribution in [2.75, 3.05) is 7.05 Å². The molecule has 2 heteroatoms. The first-order chi connectivity index (χ1) is 7.93. The summed E-state index contributed by atoms with van der Waals surface area (Å²) in [6, 6.07) is 9.20. The van der Waals surface area contributed by atoms with Crippen LogP contribution < -0.4 is 5.32 Å². The van der Waals surface area contributed by atoms with E-state index in [0.717, 1.165) is 6.42 Å². The zero-order valence-corrected chi connectivity index (χ0v) is 13.0. The maximum atomic E-state index is 3.52. The van der Waals surface area contributed by atoms with Gasteiger partial charge in [-0.2, -0.15) is 0 Å². The van der Waals surface area contributed by atoms with Crippen molar-refractivity contribution in [3.63, 3.8) is 0 Å². The first kappa shape index (κ1) is 14.7. The Morgan fingerprint density at radius 2 is 2.00 bits per heavy atom. The SMILES string of the molecule is CNC(CCCc1cccc(Br)c1)C(C)(C)C. The molecule has 0 spiro atoms. The summed E-state index contributed by atoms with van der Waals surface area (Å²) in [5, 5.41) is 3.43. The summed E-state index contributed by atoms with van der Waals surface area (Å²) in [4.78, 5) is 0. The van der Waals surface area contributed by atoms with Gasteiger partial charge in [0.1, 0.15) is 0 Å². The molecule has 17 heavy (non-hydrogen) atoms. The van der Waals surface area contributed by atoms with E-state index in [1.54, 1.807) is 0 Å². The van der Waals surface area contributed by atoms with Crippen LogP contribution in [0.25, 0.3) is 0 Å². The van der Waals surface area contributed by atoms with E-state index in [1.807, 2.05) is 0 Å². The summed E-state index contributed by atoms with van der Waals surface area (Å²) in [6.07, 6.45) is 3.62. The topological polar surface area (TPSA) is 12.0 Å². The summed E-state index contributed by atoms with van der Waals surface area (Å²) < 4.78 is 1.18. The van der Waals surface area contributed by atoms with E-state index in [4.69, 9.17) is 0 Å². The Labute approximate surface area is 114 Å². The van der Waals surface area contributed by atoms with Gasteiger partial charge in [-0.05, 0) is 49.4 Å². The summed E-state index contributed by atoms with van der Waals surface area (Å²) in [5.41, 5.74) is 1.76. The van der Waals surface area contributed by atoms with Crippen LogP contribution in [-0.2, 0) is 6.42 Å². The molecule has 1 aromatic carbocycles. The minimum Gasteiger partial charge on any atom is -0.316 e. The molecule has 1 unspecified atom stereocenters. The van der Waals surface area contributed by atoms with Crippen LogP contribution in [0.3, 0.4) is 0 Å². The molecule has 1 aromatic rings. The highest BCUT2D eigenvalue weighted by Gasteiger charge is 2.21. The number of aryl methyl sites for hydroxylation is 1. The Bertz CT molecular complexity index is 341. The number of rotatable bonds is 5. The average Bonchev–Trinajstić information content (AvgIpc) is 2.22. The third-order valence-electron chi connectivity index (χ3n) is 3.24. The van der Waals surface area contributed by atoms with Crippen molar-refractivity contribution in [3.05, 3.63) is 34.3 Å². The molecule has 1 N–H and O–H groups in total. The van der Waals surface area contributed by atoms with Crippen LogP contribution in [0.15, 0.2) is 28.7 Å². The second-order valence-corrected chi connectivity index (χ2v) is 6.65. The summed E-state index contributed by atoms with van der Waals surface area (Å²) >= 11 is 3.52. The molecule has 0 radical (unpaired) electrons. The minimum absolute atomic E-state index is 0.339. The van der Waals surface area contributed by atoms with Crippen molar-refractivity contribution in [3.8, 4) is 0 Å². The second-order valence-electron chi connectivity index (χ2n) is 5.73. The smallest absolute Gasteiger partial charge is 0.0177 e. The number of halogens is 1. The quantitative estimate of drug-likeness (QED) is 0.849. The summed E-state index contributed by atoms with van der Waals surface area (Å²) in [6.45, 7) is 6.90. The summed E-state index contributed by atoms with van der Waals surface area (Å²) in [5.74, 6) is 0.